The van der Waals surface area contributed by atoms with E-state index in [0.29, 0.717) is 6.61 Å². The predicted octanol–water partition coefficient (Wildman–Crippen LogP) is 4.58. The second kappa shape index (κ2) is 6.46. The molecule has 0 fully saturated rings. The lowest BCUT2D eigenvalue weighted by Crippen LogP contribution is -2.33. The molecule has 0 N–H and O–H groups in total. The first-order chi connectivity index (χ1) is 11.0. The molecule has 0 aliphatic carbocycles. The molecule has 1 aliphatic heterocycles. The van der Waals surface area contributed by atoms with Gasteiger partial charge in [0.25, 0.3) is 0 Å². The average Bonchev–Trinajstić information content (AvgIpc) is 2.51. The van der Waals surface area contributed by atoms with Gasteiger partial charge in [0.1, 0.15) is 5.03 Å². The molecule has 1 aromatic heterocycles. The number of aromatic nitrogens is 2. The van der Waals surface area contributed by atoms with Crippen LogP contribution in [0.4, 0.5) is 0 Å². The van der Waals surface area contributed by atoms with Crippen LogP contribution < -0.4 is 0 Å². The highest BCUT2D eigenvalue weighted by Gasteiger charge is 2.30. The Morgan fingerprint density at radius 1 is 1.26 bits per heavy atom. The molecule has 0 atom stereocenters. The molecule has 0 amide bonds. The summed E-state index contributed by atoms with van der Waals surface area (Å²) in [6.07, 6.45) is 2.71. The van der Waals surface area contributed by atoms with E-state index in [1.54, 1.807) is 11.8 Å². The maximum Gasteiger partial charge on any atom is 0.160 e. The van der Waals surface area contributed by atoms with Crippen molar-refractivity contribution in [1.29, 1.82) is 0 Å². The molecule has 1 aromatic carbocycles. The van der Waals surface area contributed by atoms with Crippen molar-refractivity contribution < 1.29 is 4.74 Å². The standard InChI is InChI=1S/C19H22N2OS/c1-5-10-23-18-15-12-22-19(3,4)11-16(15)20-17(21-18)14-8-6-13(2)7-9-14/h5-9H,1,10-12H2,2-4H3. The fraction of sp³-hybridized carbons (Fsp3) is 0.368. The van der Waals surface area contributed by atoms with Crippen LogP contribution >= 0.6 is 11.8 Å². The van der Waals surface area contributed by atoms with Gasteiger partial charge in [-0.3, -0.25) is 0 Å². The van der Waals surface area contributed by atoms with Gasteiger partial charge in [-0.25, -0.2) is 9.97 Å². The Labute approximate surface area is 142 Å². The smallest absolute Gasteiger partial charge is 0.160 e. The third-order valence-corrected chi connectivity index (χ3v) is 4.92. The number of aryl methyl sites for hydroxylation is 1. The maximum absolute atomic E-state index is 5.95. The lowest BCUT2D eigenvalue weighted by Gasteiger charge is -2.32. The summed E-state index contributed by atoms with van der Waals surface area (Å²) in [5, 5.41) is 1.01. The van der Waals surface area contributed by atoms with E-state index >= 15 is 0 Å². The molecule has 0 spiro atoms. The van der Waals surface area contributed by atoms with Crippen LogP contribution in [0.25, 0.3) is 11.4 Å². The highest BCUT2D eigenvalue weighted by atomic mass is 32.2. The van der Waals surface area contributed by atoms with Gasteiger partial charge in [-0.15, -0.1) is 18.3 Å². The SMILES string of the molecule is C=CCSc1nc(-c2ccc(C)cc2)nc2c1COC(C)(C)C2. The van der Waals surface area contributed by atoms with Crippen LogP contribution in [-0.2, 0) is 17.8 Å². The van der Waals surface area contributed by atoms with E-state index < -0.39 is 0 Å². The molecule has 3 rings (SSSR count). The molecule has 0 saturated carbocycles. The molecule has 2 aromatic rings. The van der Waals surface area contributed by atoms with Crippen LogP contribution in [-0.4, -0.2) is 21.3 Å². The van der Waals surface area contributed by atoms with E-state index in [4.69, 9.17) is 14.7 Å². The third kappa shape index (κ3) is 3.65. The van der Waals surface area contributed by atoms with Crippen LogP contribution in [0.15, 0.2) is 41.9 Å². The molecule has 1 aliphatic rings. The Balaban J connectivity index is 2.07. The van der Waals surface area contributed by atoms with Crippen LogP contribution in [0.1, 0.15) is 30.7 Å². The van der Waals surface area contributed by atoms with Gasteiger partial charge in [0.05, 0.1) is 17.9 Å². The average molecular weight is 326 g/mol. The van der Waals surface area contributed by atoms with Gasteiger partial charge in [0.15, 0.2) is 5.82 Å². The lowest BCUT2D eigenvalue weighted by atomic mass is 9.96. The molecule has 0 radical (unpaired) electrons. The summed E-state index contributed by atoms with van der Waals surface area (Å²) in [5.74, 6) is 1.63. The summed E-state index contributed by atoms with van der Waals surface area (Å²) in [6.45, 7) is 10.7. The van der Waals surface area contributed by atoms with Crippen LogP contribution in [0.2, 0.25) is 0 Å². The van der Waals surface area contributed by atoms with Gasteiger partial charge in [-0.1, -0.05) is 35.9 Å². The minimum atomic E-state index is -0.174. The molecular weight excluding hydrogens is 304 g/mol. The summed E-state index contributed by atoms with van der Waals surface area (Å²) in [4.78, 5) is 9.64. The summed E-state index contributed by atoms with van der Waals surface area (Å²) < 4.78 is 5.95. The minimum absolute atomic E-state index is 0.174. The summed E-state index contributed by atoms with van der Waals surface area (Å²) >= 11 is 1.70. The monoisotopic (exact) mass is 326 g/mol. The van der Waals surface area contributed by atoms with E-state index in [2.05, 4.69) is 51.6 Å². The third-order valence-electron chi connectivity index (χ3n) is 3.90. The van der Waals surface area contributed by atoms with E-state index in [0.717, 1.165) is 39.8 Å². The van der Waals surface area contributed by atoms with Gasteiger partial charge in [0, 0.05) is 23.3 Å². The fourth-order valence-electron chi connectivity index (χ4n) is 2.61. The summed E-state index contributed by atoms with van der Waals surface area (Å²) in [5.41, 5.74) is 4.36. The van der Waals surface area contributed by atoms with Gasteiger partial charge >= 0.3 is 0 Å². The van der Waals surface area contributed by atoms with Crippen molar-refractivity contribution in [1.82, 2.24) is 9.97 Å². The zero-order valence-electron chi connectivity index (χ0n) is 13.9. The van der Waals surface area contributed by atoms with Crippen molar-refractivity contribution >= 4 is 11.8 Å². The first-order valence-corrected chi connectivity index (χ1v) is 8.81. The topological polar surface area (TPSA) is 35.0 Å². The second-order valence-electron chi connectivity index (χ2n) is 6.47. The number of rotatable bonds is 4. The minimum Gasteiger partial charge on any atom is -0.370 e. The normalized spacial score (nSPS) is 16.0. The van der Waals surface area contributed by atoms with Crippen LogP contribution in [0.5, 0.6) is 0 Å². The van der Waals surface area contributed by atoms with Crippen molar-refractivity contribution in [2.75, 3.05) is 5.75 Å². The zero-order valence-corrected chi connectivity index (χ0v) is 14.7. The Morgan fingerprint density at radius 3 is 2.70 bits per heavy atom. The Kier molecular flexibility index (Phi) is 4.55. The van der Waals surface area contributed by atoms with E-state index in [1.807, 2.05) is 6.08 Å². The number of ether oxygens (including phenoxy) is 1. The summed E-state index contributed by atoms with van der Waals surface area (Å²) in [6, 6.07) is 8.37. The number of thioether (sulfide) groups is 1. The molecule has 4 heteroatoms. The van der Waals surface area contributed by atoms with E-state index in [-0.39, 0.29) is 5.60 Å². The van der Waals surface area contributed by atoms with Crippen molar-refractivity contribution in [3.63, 3.8) is 0 Å². The number of fused-ring (bicyclic) bond motifs is 1. The molecular formula is C19H22N2OS. The first kappa shape index (κ1) is 16.2. The van der Waals surface area contributed by atoms with Gasteiger partial charge < -0.3 is 4.74 Å². The van der Waals surface area contributed by atoms with Crippen LogP contribution in [0, 0.1) is 6.92 Å². The van der Waals surface area contributed by atoms with Crippen LogP contribution in [0.3, 0.4) is 0 Å². The number of nitrogens with zero attached hydrogens (tertiary/aromatic N) is 2. The van der Waals surface area contributed by atoms with Crippen molar-refractivity contribution in [2.24, 2.45) is 0 Å². The Morgan fingerprint density at radius 2 is 2.00 bits per heavy atom. The quantitative estimate of drug-likeness (QED) is 0.468. The first-order valence-electron chi connectivity index (χ1n) is 7.83. The molecule has 120 valence electrons. The number of hydrogen-bond donors (Lipinski definition) is 0. The zero-order chi connectivity index (χ0) is 16.4. The highest BCUT2D eigenvalue weighted by molar-refractivity contribution is 7.99. The molecule has 0 unspecified atom stereocenters. The summed E-state index contributed by atoms with van der Waals surface area (Å²) in [7, 11) is 0. The maximum atomic E-state index is 5.95. The van der Waals surface area contributed by atoms with E-state index in [1.165, 1.54) is 5.56 Å². The molecule has 23 heavy (non-hydrogen) atoms. The highest BCUT2D eigenvalue weighted by Crippen LogP contribution is 2.34. The Bertz CT molecular complexity index is 723. The van der Waals surface area contributed by atoms with Gasteiger partial charge in [-0.05, 0) is 20.8 Å². The van der Waals surface area contributed by atoms with Gasteiger partial charge in [0.2, 0.25) is 0 Å². The fourth-order valence-corrected chi connectivity index (χ4v) is 3.39. The Hall–Kier alpha value is -1.65. The van der Waals surface area contributed by atoms with Crippen molar-refractivity contribution in [3.8, 4) is 11.4 Å². The molecule has 3 nitrogen and oxygen atoms in total. The van der Waals surface area contributed by atoms with Crippen molar-refractivity contribution in [2.45, 2.75) is 44.4 Å². The second-order valence-corrected chi connectivity index (χ2v) is 7.48. The largest absolute Gasteiger partial charge is 0.370 e. The predicted molar refractivity (Wildman–Crippen MR) is 95.7 cm³/mol. The molecule has 0 bridgehead atoms. The lowest BCUT2D eigenvalue weighted by molar-refractivity contribution is -0.0428. The number of benzene rings is 1. The van der Waals surface area contributed by atoms with Crippen molar-refractivity contribution in [3.05, 3.63) is 53.7 Å². The molecule has 2 heterocycles. The number of hydrogen-bond acceptors (Lipinski definition) is 4. The molecule has 0 saturated heterocycles. The van der Waals surface area contributed by atoms with E-state index in [9.17, 15) is 0 Å². The van der Waals surface area contributed by atoms with Gasteiger partial charge in [-0.2, -0.15) is 0 Å².